The lowest BCUT2D eigenvalue weighted by atomic mass is 10.2. The van der Waals surface area contributed by atoms with Crippen molar-refractivity contribution in [1.29, 1.82) is 5.26 Å². The Balaban J connectivity index is 3.03. The minimum atomic E-state index is 0.620. The summed E-state index contributed by atoms with van der Waals surface area (Å²) in [6, 6.07) is 7.66. The Morgan fingerprint density at radius 3 is 3.00 bits per heavy atom. The molecule has 3 heteroatoms. The first-order valence-corrected chi connectivity index (χ1v) is 5.05. The lowest BCUT2D eigenvalue weighted by Crippen LogP contribution is -1.93. The van der Waals surface area contributed by atoms with Gasteiger partial charge in [-0.3, -0.25) is 0 Å². The molecular weight excluding hydrogens is 242 g/mol. The third kappa shape index (κ3) is 2.90. The number of halogens is 1. The molecule has 0 aliphatic heterocycles. The van der Waals surface area contributed by atoms with Gasteiger partial charge in [0.05, 0.1) is 12.7 Å². The molecule has 0 fully saturated rings. The van der Waals surface area contributed by atoms with Gasteiger partial charge in [0.1, 0.15) is 5.75 Å². The fourth-order valence-electron chi connectivity index (χ4n) is 1.06. The molecule has 0 amide bonds. The van der Waals surface area contributed by atoms with Gasteiger partial charge in [-0.1, -0.05) is 15.9 Å². The number of benzene rings is 1. The molecule has 0 saturated heterocycles. The summed E-state index contributed by atoms with van der Waals surface area (Å²) in [6.45, 7) is 2.55. The largest absolute Gasteiger partial charge is 0.493 e. The zero-order valence-corrected chi connectivity index (χ0v) is 9.41. The molecule has 1 aromatic carbocycles. The fraction of sp³-hybridized carbons (Fsp3) is 0.182. The Kier molecular flexibility index (Phi) is 4.21. The van der Waals surface area contributed by atoms with Gasteiger partial charge < -0.3 is 4.74 Å². The van der Waals surface area contributed by atoms with E-state index in [1.165, 1.54) is 6.08 Å². The highest BCUT2D eigenvalue weighted by Crippen LogP contribution is 2.24. The van der Waals surface area contributed by atoms with Gasteiger partial charge in [-0.2, -0.15) is 5.26 Å². The van der Waals surface area contributed by atoms with Crippen LogP contribution >= 0.6 is 15.9 Å². The highest BCUT2D eigenvalue weighted by Gasteiger charge is 2.00. The monoisotopic (exact) mass is 251 g/mol. The summed E-state index contributed by atoms with van der Waals surface area (Å²) in [5, 5.41) is 8.43. The predicted molar refractivity (Wildman–Crippen MR) is 60.0 cm³/mol. The zero-order chi connectivity index (χ0) is 10.4. The van der Waals surface area contributed by atoms with Crippen LogP contribution in [-0.4, -0.2) is 6.61 Å². The number of allylic oxidation sites excluding steroid dienone is 1. The Morgan fingerprint density at radius 1 is 1.57 bits per heavy atom. The van der Waals surface area contributed by atoms with Gasteiger partial charge in [0.15, 0.2) is 0 Å². The molecule has 0 unspecified atom stereocenters. The first kappa shape index (κ1) is 10.8. The smallest absolute Gasteiger partial charge is 0.126 e. The highest BCUT2D eigenvalue weighted by molar-refractivity contribution is 9.10. The number of rotatable bonds is 3. The van der Waals surface area contributed by atoms with E-state index in [1.807, 2.05) is 31.2 Å². The van der Waals surface area contributed by atoms with Crippen molar-refractivity contribution in [3.63, 3.8) is 0 Å². The number of hydrogen-bond acceptors (Lipinski definition) is 2. The van der Waals surface area contributed by atoms with Crippen molar-refractivity contribution >= 4 is 22.0 Å². The normalized spacial score (nSPS) is 10.1. The van der Waals surface area contributed by atoms with Gasteiger partial charge in [-0.25, -0.2) is 0 Å². The van der Waals surface area contributed by atoms with E-state index in [2.05, 4.69) is 15.9 Å². The minimum absolute atomic E-state index is 0.620. The molecule has 0 aliphatic rings. The molecule has 2 nitrogen and oxygen atoms in total. The average molecular weight is 252 g/mol. The minimum Gasteiger partial charge on any atom is -0.493 e. The molecule has 0 N–H and O–H groups in total. The van der Waals surface area contributed by atoms with Crippen LogP contribution in [0.1, 0.15) is 12.5 Å². The Hall–Kier alpha value is -1.27. The van der Waals surface area contributed by atoms with Gasteiger partial charge in [0.2, 0.25) is 0 Å². The third-order valence-electron chi connectivity index (χ3n) is 1.61. The summed E-state index contributed by atoms with van der Waals surface area (Å²) in [5.74, 6) is 0.794. The molecule has 0 atom stereocenters. The standard InChI is InChI=1S/C11H10BrNO/c1-2-14-11-6-5-10(12)8-9(11)4-3-7-13/h3-6,8H,2H2,1H3. The van der Waals surface area contributed by atoms with E-state index in [-0.39, 0.29) is 0 Å². The maximum Gasteiger partial charge on any atom is 0.126 e. The first-order valence-electron chi connectivity index (χ1n) is 4.26. The maximum absolute atomic E-state index is 8.43. The SMILES string of the molecule is CCOc1ccc(Br)cc1C=CC#N. The highest BCUT2D eigenvalue weighted by atomic mass is 79.9. The summed E-state index contributed by atoms with van der Waals surface area (Å²) < 4.78 is 6.38. The lowest BCUT2D eigenvalue weighted by molar-refractivity contribution is 0.339. The molecule has 0 radical (unpaired) electrons. The first-order chi connectivity index (χ1) is 6.77. The number of nitriles is 1. The van der Waals surface area contributed by atoms with E-state index in [0.29, 0.717) is 6.61 Å². The summed E-state index contributed by atoms with van der Waals surface area (Å²) in [6.07, 6.45) is 3.17. The summed E-state index contributed by atoms with van der Waals surface area (Å²) in [7, 11) is 0. The number of hydrogen-bond donors (Lipinski definition) is 0. The molecule has 0 aromatic heterocycles. The van der Waals surface area contributed by atoms with Crippen LogP contribution in [0.25, 0.3) is 6.08 Å². The second-order valence-corrected chi connectivity index (χ2v) is 3.49. The molecule has 0 saturated carbocycles. The maximum atomic E-state index is 8.43. The third-order valence-corrected chi connectivity index (χ3v) is 2.10. The number of ether oxygens (including phenoxy) is 1. The van der Waals surface area contributed by atoms with Gasteiger partial charge in [-0.15, -0.1) is 0 Å². The molecule has 0 bridgehead atoms. The molecule has 0 heterocycles. The molecular formula is C11H10BrNO. The van der Waals surface area contributed by atoms with Gasteiger partial charge >= 0.3 is 0 Å². The lowest BCUT2D eigenvalue weighted by Gasteiger charge is -2.06. The van der Waals surface area contributed by atoms with Gasteiger partial charge in [0, 0.05) is 16.1 Å². The second-order valence-electron chi connectivity index (χ2n) is 2.58. The van der Waals surface area contributed by atoms with Crippen molar-refractivity contribution in [1.82, 2.24) is 0 Å². The average Bonchev–Trinajstić information content (AvgIpc) is 2.18. The van der Waals surface area contributed by atoms with Gasteiger partial charge in [-0.05, 0) is 31.2 Å². The topological polar surface area (TPSA) is 33.0 Å². The quantitative estimate of drug-likeness (QED) is 0.772. The van der Waals surface area contributed by atoms with Crippen LogP contribution in [0.4, 0.5) is 0 Å². The van der Waals surface area contributed by atoms with Gasteiger partial charge in [0.25, 0.3) is 0 Å². The van der Waals surface area contributed by atoms with Crippen molar-refractivity contribution in [2.24, 2.45) is 0 Å². The van der Waals surface area contributed by atoms with Crippen molar-refractivity contribution in [2.75, 3.05) is 6.61 Å². The van der Waals surface area contributed by atoms with Crippen molar-refractivity contribution in [2.45, 2.75) is 6.92 Å². The van der Waals surface area contributed by atoms with E-state index in [1.54, 1.807) is 6.08 Å². The van der Waals surface area contributed by atoms with Crippen LogP contribution in [0.5, 0.6) is 5.75 Å². The summed E-state index contributed by atoms with van der Waals surface area (Å²) in [4.78, 5) is 0. The predicted octanol–water partition coefficient (Wildman–Crippen LogP) is 3.38. The Labute approximate surface area is 91.9 Å². The molecule has 0 aliphatic carbocycles. The summed E-state index contributed by atoms with van der Waals surface area (Å²) >= 11 is 3.37. The molecule has 14 heavy (non-hydrogen) atoms. The van der Waals surface area contributed by atoms with Crippen LogP contribution in [0, 0.1) is 11.3 Å². The van der Waals surface area contributed by atoms with E-state index in [4.69, 9.17) is 10.00 Å². The Bertz CT molecular complexity index is 379. The van der Waals surface area contributed by atoms with E-state index in [9.17, 15) is 0 Å². The summed E-state index contributed by atoms with van der Waals surface area (Å²) in [5.41, 5.74) is 0.905. The Morgan fingerprint density at radius 2 is 2.36 bits per heavy atom. The zero-order valence-electron chi connectivity index (χ0n) is 7.83. The molecule has 0 spiro atoms. The van der Waals surface area contributed by atoms with Crippen molar-refractivity contribution < 1.29 is 4.74 Å². The van der Waals surface area contributed by atoms with Crippen LogP contribution < -0.4 is 4.74 Å². The number of nitrogens with zero attached hydrogens (tertiary/aromatic N) is 1. The van der Waals surface area contributed by atoms with E-state index in [0.717, 1.165) is 15.8 Å². The molecule has 1 rings (SSSR count). The van der Waals surface area contributed by atoms with Crippen LogP contribution in [0.2, 0.25) is 0 Å². The van der Waals surface area contributed by atoms with Crippen LogP contribution in [0.3, 0.4) is 0 Å². The van der Waals surface area contributed by atoms with Crippen LogP contribution in [-0.2, 0) is 0 Å². The molecule has 72 valence electrons. The van der Waals surface area contributed by atoms with Crippen molar-refractivity contribution in [3.05, 3.63) is 34.3 Å². The fourth-order valence-corrected chi connectivity index (χ4v) is 1.44. The molecule has 1 aromatic rings. The van der Waals surface area contributed by atoms with E-state index >= 15 is 0 Å². The second kappa shape index (κ2) is 5.46. The van der Waals surface area contributed by atoms with E-state index < -0.39 is 0 Å². The van der Waals surface area contributed by atoms with Crippen molar-refractivity contribution in [3.8, 4) is 11.8 Å². The van der Waals surface area contributed by atoms with Crippen LogP contribution in [0.15, 0.2) is 28.7 Å².